The Labute approximate surface area is 180 Å². The minimum atomic E-state index is -1.36. The van der Waals surface area contributed by atoms with Crippen molar-refractivity contribution in [1.29, 1.82) is 0 Å². The number of nitrogens with two attached hydrogens (primary N) is 1. The summed E-state index contributed by atoms with van der Waals surface area (Å²) in [7, 11) is 0. The van der Waals surface area contributed by atoms with E-state index in [0.717, 1.165) is 25.7 Å². The van der Waals surface area contributed by atoms with Gasteiger partial charge in [-0.1, -0.05) is 18.9 Å². The molecule has 0 radical (unpaired) electrons. The smallest absolute Gasteiger partial charge is 0.347 e. The van der Waals surface area contributed by atoms with Gasteiger partial charge >= 0.3 is 5.91 Å². The Kier molecular flexibility index (Phi) is 7.74. The van der Waals surface area contributed by atoms with Crippen LogP contribution in [0.5, 0.6) is 5.75 Å². The van der Waals surface area contributed by atoms with Gasteiger partial charge in [0.25, 0.3) is 5.91 Å². The third kappa shape index (κ3) is 5.28. The maximum Gasteiger partial charge on any atom is 0.347 e. The van der Waals surface area contributed by atoms with Crippen LogP contribution in [0.25, 0.3) is 0 Å². The van der Waals surface area contributed by atoms with Crippen molar-refractivity contribution >= 4 is 17.7 Å². The Morgan fingerprint density at radius 2 is 2.03 bits per heavy atom. The molecule has 3 amide bonds. The van der Waals surface area contributed by atoms with Crippen LogP contribution in [-0.2, 0) is 16.1 Å². The van der Waals surface area contributed by atoms with Gasteiger partial charge in [0.1, 0.15) is 25.1 Å². The number of unbranched alkanes of at least 4 members (excludes halogenated alkanes) is 3. The van der Waals surface area contributed by atoms with Crippen LogP contribution >= 0.6 is 0 Å². The van der Waals surface area contributed by atoms with Gasteiger partial charge < -0.3 is 20.8 Å². The highest BCUT2D eigenvalue weighted by Crippen LogP contribution is 2.38. The van der Waals surface area contributed by atoms with Gasteiger partial charge in [0.15, 0.2) is 6.04 Å². The van der Waals surface area contributed by atoms with Crippen molar-refractivity contribution in [2.45, 2.75) is 57.3 Å². The number of imide groups is 1. The number of hydrogen-bond donors (Lipinski definition) is 4. The van der Waals surface area contributed by atoms with E-state index in [4.69, 9.17) is 10.5 Å². The number of hydrogen-bond acceptors (Lipinski definition) is 8. The summed E-state index contributed by atoms with van der Waals surface area (Å²) in [4.78, 5) is 36.5. The van der Waals surface area contributed by atoms with Crippen LogP contribution in [0.2, 0.25) is 0 Å². The lowest BCUT2D eigenvalue weighted by Crippen LogP contribution is -2.60. The fraction of sp³-hybridized carbons (Fsp3) is 0.571. The zero-order valence-corrected chi connectivity index (χ0v) is 17.5. The molecule has 0 aliphatic carbocycles. The fourth-order valence-electron chi connectivity index (χ4n) is 4.03. The number of benzene rings is 1. The second kappa shape index (κ2) is 10.3. The van der Waals surface area contributed by atoms with E-state index in [9.17, 15) is 24.7 Å². The molecular weight excluding hydrogens is 404 g/mol. The van der Waals surface area contributed by atoms with Gasteiger partial charge in [0.2, 0.25) is 5.91 Å². The third-order valence-corrected chi connectivity index (χ3v) is 5.72. The summed E-state index contributed by atoms with van der Waals surface area (Å²) in [5, 5.41) is 28.6. The molecule has 31 heavy (non-hydrogen) atoms. The third-order valence-electron chi connectivity index (χ3n) is 5.72. The number of amides is 3. The first kappa shape index (κ1) is 23.3. The van der Waals surface area contributed by atoms with E-state index in [1.54, 1.807) is 12.1 Å². The average Bonchev–Trinajstić information content (AvgIpc) is 3.00. The molecule has 1 aromatic carbocycles. The molecule has 0 spiro atoms. The number of nitrogens with one attached hydrogen (secondary N) is 2. The van der Waals surface area contributed by atoms with Crippen molar-refractivity contribution < 1.29 is 28.9 Å². The molecule has 3 atom stereocenters. The lowest BCUT2D eigenvalue weighted by Gasteiger charge is -2.42. The molecule has 1 aromatic rings. The summed E-state index contributed by atoms with van der Waals surface area (Å²) in [6.45, 7) is 1.02. The van der Waals surface area contributed by atoms with Gasteiger partial charge in [-0.05, 0) is 38.1 Å². The highest BCUT2D eigenvalue weighted by Gasteiger charge is 2.50. The van der Waals surface area contributed by atoms with Gasteiger partial charge in [-0.3, -0.25) is 24.9 Å². The van der Waals surface area contributed by atoms with E-state index in [1.165, 1.54) is 6.07 Å². The number of piperidine rings is 1. The molecule has 2 heterocycles. The van der Waals surface area contributed by atoms with E-state index < -0.39 is 34.6 Å². The number of nitrogens with zero attached hydrogens (tertiary/aromatic N) is 1. The molecule has 2 aliphatic heterocycles. The molecule has 10 nitrogen and oxygen atoms in total. The van der Waals surface area contributed by atoms with Crippen molar-refractivity contribution in [2.75, 3.05) is 19.7 Å². The molecule has 5 N–H and O–H groups in total. The highest BCUT2D eigenvalue weighted by molar-refractivity contribution is 6.02. The largest absolute Gasteiger partial charge is 0.624 e. The molecule has 2 aliphatic rings. The monoisotopic (exact) mass is 434 g/mol. The van der Waals surface area contributed by atoms with Gasteiger partial charge in [0, 0.05) is 12.8 Å². The highest BCUT2D eigenvalue weighted by atomic mass is 16.6. The van der Waals surface area contributed by atoms with Crippen LogP contribution < -0.4 is 21.1 Å². The Morgan fingerprint density at radius 1 is 1.26 bits per heavy atom. The number of rotatable bonds is 11. The molecule has 0 bridgehead atoms. The summed E-state index contributed by atoms with van der Waals surface area (Å²) in [5.74, 6) is -1.55. The normalized spacial score (nSPS) is 24.1. The molecule has 3 rings (SSSR count). The number of ether oxygens (including phenoxy) is 1. The van der Waals surface area contributed by atoms with Crippen LogP contribution in [0.15, 0.2) is 18.2 Å². The SMILES string of the molecule is NCCCCCCNC(O)COc1cccc2c1C[N+]([O-])(C1CCC(=O)NC1=O)C2=O. The molecule has 0 aromatic heterocycles. The fourth-order valence-corrected chi connectivity index (χ4v) is 4.03. The summed E-state index contributed by atoms with van der Waals surface area (Å²) >= 11 is 0. The maximum absolute atomic E-state index is 13.4. The molecule has 1 saturated heterocycles. The van der Waals surface area contributed by atoms with Gasteiger partial charge in [-0.25, -0.2) is 4.79 Å². The summed E-state index contributed by atoms with van der Waals surface area (Å²) in [5.41, 5.74) is 6.08. The van der Waals surface area contributed by atoms with Crippen LogP contribution in [0.4, 0.5) is 0 Å². The average molecular weight is 434 g/mol. The number of carbonyl (C=O) groups is 3. The number of aliphatic hydroxyl groups excluding tert-OH is 1. The number of aliphatic hydroxyl groups is 1. The molecule has 3 unspecified atom stereocenters. The van der Waals surface area contributed by atoms with Gasteiger partial charge in [-0.2, -0.15) is 0 Å². The van der Waals surface area contributed by atoms with E-state index in [1.807, 2.05) is 0 Å². The van der Waals surface area contributed by atoms with Crippen molar-refractivity contribution in [3.05, 3.63) is 34.5 Å². The lowest BCUT2D eigenvalue weighted by molar-refractivity contribution is -0.825. The van der Waals surface area contributed by atoms with Crippen molar-refractivity contribution in [2.24, 2.45) is 5.73 Å². The van der Waals surface area contributed by atoms with E-state index in [0.29, 0.717) is 24.4 Å². The Morgan fingerprint density at radius 3 is 2.77 bits per heavy atom. The second-order valence-corrected chi connectivity index (χ2v) is 7.99. The first-order valence-electron chi connectivity index (χ1n) is 10.7. The minimum absolute atomic E-state index is 0.0235. The summed E-state index contributed by atoms with van der Waals surface area (Å²) in [6.07, 6.45) is 3.13. The molecule has 170 valence electrons. The summed E-state index contributed by atoms with van der Waals surface area (Å²) < 4.78 is 4.33. The van der Waals surface area contributed by atoms with Crippen LogP contribution in [0.3, 0.4) is 0 Å². The molecule has 1 fully saturated rings. The van der Waals surface area contributed by atoms with Crippen molar-refractivity contribution in [3.63, 3.8) is 0 Å². The molecule has 10 heteroatoms. The Bertz CT molecular complexity index is 832. The minimum Gasteiger partial charge on any atom is -0.624 e. The summed E-state index contributed by atoms with van der Waals surface area (Å²) in [6, 6.07) is 3.59. The predicted octanol–water partition coefficient (Wildman–Crippen LogP) is 0.266. The van der Waals surface area contributed by atoms with Crippen molar-refractivity contribution in [3.8, 4) is 5.75 Å². The van der Waals surface area contributed by atoms with Crippen LogP contribution in [0.1, 0.15) is 54.4 Å². The predicted molar refractivity (Wildman–Crippen MR) is 111 cm³/mol. The van der Waals surface area contributed by atoms with Crippen LogP contribution in [-0.4, -0.2) is 59.4 Å². The first-order valence-corrected chi connectivity index (χ1v) is 10.7. The topological polar surface area (TPSA) is 154 Å². The quantitative estimate of drug-likeness (QED) is 0.127. The second-order valence-electron chi connectivity index (χ2n) is 7.99. The van der Waals surface area contributed by atoms with Crippen molar-refractivity contribution in [1.82, 2.24) is 10.6 Å². The van der Waals surface area contributed by atoms with E-state index in [-0.39, 0.29) is 31.6 Å². The van der Waals surface area contributed by atoms with Gasteiger partial charge in [0.05, 0.1) is 11.1 Å². The Balaban J connectivity index is 1.59. The molecule has 0 saturated carbocycles. The van der Waals surface area contributed by atoms with Gasteiger partial charge in [-0.15, -0.1) is 0 Å². The first-order chi connectivity index (χ1) is 14.9. The van der Waals surface area contributed by atoms with E-state index in [2.05, 4.69) is 10.6 Å². The van der Waals surface area contributed by atoms with E-state index >= 15 is 0 Å². The lowest BCUT2D eigenvalue weighted by atomic mass is 10.0. The standard InChI is InChI=1S/C21H30N4O6/c22-10-3-1-2-4-11-23-19(27)13-31-17-7-5-6-14-15(17)12-25(30,21(14)29)16-8-9-18(26)24-20(16)28/h5-7,16,19,23,27H,1-4,8-13,22H2,(H,24,26,28). The Hall–Kier alpha value is -2.37. The number of quaternary nitrogens is 1. The number of fused-ring (bicyclic) bond motifs is 1. The number of hydroxylamine groups is 3. The number of carbonyl (C=O) groups excluding carboxylic acids is 3. The maximum atomic E-state index is 13.4. The zero-order valence-electron chi connectivity index (χ0n) is 17.5. The zero-order chi connectivity index (χ0) is 22.4. The van der Waals surface area contributed by atoms with Crippen LogP contribution in [0, 0.1) is 5.21 Å². The molecular formula is C21H30N4O6.